The number of nitrogens with one attached hydrogen (secondary N) is 1. The molecule has 0 radical (unpaired) electrons. The molecule has 1 N–H and O–H groups in total. The van der Waals surface area contributed by atoms with Crippen molar-refractivity contribution in [1.82, 2.24) is 14.5 Å². The van der Waals surface area contributed by atoms with Crippen LogP contribution in [0.2, 0.25) is 0 Å². The summed E-state index contributed by atoms with van der Waals surface area (Å²) in [6.07, 6.45) is 6.86. The second kappa shape index (κ2) is 6.67. The van der Waals surface area contributed by atoms with Crippen molar-refractivity contribution in [2.45, 2.75) is 26.2 Å². The molecule has 1 aliphatic heterocycles. The predicted octanol–water partition coefficient (Wildman–Crippen LogP) is 5.07. The van der Waals surface area contributed by atoms with Gasteiger partial charge in [0.1, 0.15) is 5.82 Å². The number of thiazole rings is 1. The summed E-state index contributed by atoms with van der Waals surface area (Å²) >= 11 is 1.83. The summed E-state index contributed by atoms with van der Waals surface area (Å²) in [5.74, 6) is 1.02. The van der Waals surface area contributed by atoms with E-state index in [1.165, 1.54) is 21.0 Å². The fourth-order valence-electron chi connectivity index (χ4n) is 3.52. The van der Waals surface area contributed by atoms with Crippen LogP contribution in [0.5, 0.6) is 0 Å². The maximum atomic E-state index is 4.88. The largest absolute Gasteiger partial charge is 0.339 e. The third-order valence-corrected chi connectivity index (χ3v) is 6.03. The monoisotopic (exact) mass is 372 g/mol. The molecule has 5 heteroatoms. The summed E-state index contributed by atoms with van der Waals surface area (Å²) in [5, 5.41) is 4.74. The first-order valence-electron chi connectivity index (χ1n) is 9.18. The van der Waals surface area contributed by atoms with E-state index in [4.69, 9.17) is 4.98 Å². The minimum Gasteiger partial charge on any atom is -0.339 e. The van der Waals surface area contributed by atoms with E-state index < -0.39 is 0 Å². The normalized spacial score (nSPS) is 12.8. The van der Waals surface area contributed by atoms with Crippen LogP contribution < -0.4 is 5.32 Å². The summed E-state index contributed by atoms with van der Waals surface area (Å²) in [5.41, 5.74) is 5.97. The highest BCUT2D eigenvalue weighted by Crippen LogP contribution is 2.34. The van der Waals surface area contributed by atoms with Gasteiger partial charge < -0.3 is 9.88 Å². The van der Waals surface area contributed by atoms with Crippen LogP contribution in [-0.4, -0.2) is 14.5 Å². The minimum atomic E-state index is 0.895. The zero-order chi connectivity index (χ0) is 18.2. The van der Waals surface area contributed by atoms with Gasteiger partial charge in [0.05, 0.1) is 17.0 Å². The first kappa shape index (κ1) is 16.3. The number of nitrogens with zero attached hydrogens (tertiary/aromatic N) is 3. The van der Waals surface area contributed by atoms with E-state index in [2.05, 4.69) is 69.6 Å². The maximum Gasteiger partial charge on any atom is 0.144 e. The Kier molecular flexibility index (Phi) is 4.02. The lowest BCUT2D eigenvalue weighted by atomic mass is 10.1. The quantitative estimate of drug-likeness (QED) is 0.546. The Balaban J connectivity index is 1.41. The number of aromatic nitrogens is 3. The van der Waals surface area contributed by atoms with Crippen LogP contribution in [0.15, 0.2) is 61.1 Å². The highest BCUT2D eigenvalue weighted by molar-refractivity contribution is 7.12. The lowest BCUT2D eigenvalue weighted by molar-refractivity contribution is 0.982. The Morgan fingerprint density at radius 3 is 2.81 bits per heavy atom. The van der Waals surface area contributed by atoms with Crippen LogP contribution in [-0.2, 0) is 19.3 Å². The Morgan fingerprint density at radius 1 is 1.11 bits per heavy atom. The molecule has 0 amide bonds. The molecule has 0 fully saturated rings. The number of hydrogen-bond acceptors (Lipinski definition) is 4. The van der Waals surface area contributed by atoms with E-state index in [0.717, 1.165) is 42.1 Å². The molecule has 2 aromatic heterocycles. The Labute approximate surface area is 162 Å². The fourth-order valence-corrected chi connectivity index (χ4v) is 4.58. The van der Waals surface area contributed by atoms with Gasteiger partial charge in [-0.3, -0.25) is 0 Å². The van der Waals surface area contributed by atoms with Crippen molar-refractivity contribution in [3.8, 4) is 5.69 Å². The van der Waals surface area contributed by atoms with Gasteiger partial charge in [-0.1, -0.05) is 30.3 Å². The van der Waals surface area contributed by atoms with E-state index in [1.807, 2.05) is 24.6 Å². The summed E-state index contributed by atoms with van der Waals surface area (Å²) in [7, 11) is 0. The molecule has 4 aromatic rings. The van der Waals surface area contributed by atoms with Crippen LogP contribution in [0.3, 0.4) is 0 Å². The lowest BCUT2D eigenvalue weighted by Crippen LogP contribution is -1.98. The zero-order valence-electron chi connectivity index (χ0n) is 15.1. The van der Waals surface area contributed by atoms with E-state index in [9.17, 15) is 0 Å². The van der Waals surface area contributed by atoms with E-state index in [-0.39, 0.29) is 0 Å². The van der Waals surface area contributed by atoms with E-state index >= 15 is 0 Å². The molecular weight excluding hydrogens is 352 g/mol. The molecule has 27 heavy (non-hydrogen) atoms. The van der Waals surface area contributed by atoms with Crippen molar-refractivity contribution in [3.05, 3.63) is 87.8 Å². The number of hydrogen-bond donors (Lipinski definition) is 1. The number of benzene rings is 2. The molecule has 2 aromatic carbocycles. The van der Waals surface area contributed by atoms with E-state index in [1.54, 1.807) is 0 Å². The molecule has 1 aliphatic rings. The highest BCUT2D eigenvalue weighted by Gasteiger charge is 2.18. The average molecular weight is 372 g/mol. The summed E-state index contributed by atoms with van der Waals surface area (Å²) in [6.45, 7) is 2.01. The van der Waals surface area contributed by atoms with Crippen molar-refractivity contribution in [3.63, 3.8) is 0 Å². The summed E-state index contributed by atoms with van der Waals surface area (Å²) in [6, 6.07) is 17.1. The van der Waals surface area contributed by atoms with Gasteiger partial charge in [0, 0.05) is 28.9 Å². The van der Waals surface area contributed by atoms with Crippen molar-refractivity contribution >= 4 is 22.8 Å². The average Bonchev–Trinajstić information content (AvgIpc) is 3.24. The molecular formula is C22H20N4S. The summed E-state index contributed by atoms with van der Waals surface area (Å²) in [4.78, 5) is 10.6. The molecule has 134 valence electrons. The lowest BCUT2D eigenvalue weighted by Gasteiger charge is -2.10. The van der Waals surface area contributed by atoms with Crippen molar-refractivity contribution in [2.75, 3.05) is 5.32 Å². The van der Waals surface area contributed by atoms with Gasteiger partial charge in [0.25, 0.3) is 0 Å². The Hall–Kier alpha value is -2.92. The Bertz CT molecular complexity index is 1090. The second-order valence-corrected chi connectivity index (χ2v) is 8.10. The van der Waals surface area contributed by atoms with Crippen LogP contribution in [0.4, 0.5) is 11.5 Å². The minimum absolute atomic E-state index is 0.895. The first-order valence-corrected chi connectivity index (χ1v) is 10.00. The zero-order valence-corrected chi connectivity index (χ0v) is 16.0. The molecule has 0 bridgehead atoms. The third-order valence-electron chi connectivity index (χ3n) is 4.91. The van der Waals surface area contributed by atoms with Crippen LogP contribution in [0.1, 0.15) is 26.7 Å². The van der Waals surface area contributed by atoms with Crippen molar-refractivity contribution in [1.29, 1.82) is 0 Å². The SMILES string of the molecule is Cc1cn(-c2ccc3c(c2)CCc2sc(Cc4ccccc4)nc2N3)cn1. The van der Waals surface area contributed by atoms with Gasteiger partial charge in [-0.15, -0.1) is 11.3 Å². The standard InChI is InChI=1S/C22H20N4S/c1-15-13-26(14-23-15)18-8-9-19-17(12-18)7-10-20-22(24-19)25-21(27-20)11-16-5-3-2-4-6-16/h2-6,8-9,12-14,24H,7,10-11H2,1H3. The first-order chi connectivity index (χ1) is 13.2. The van der Waals surface area contributed by atoms with Crippen LogP contribution in [0, 0.1) is 6.92 Å². The van der Waals surface area contributed by atoms with Gasteiger partial charge in [0.2, 0.25) is 0 Å². The van der Waals surface area contributed by atoms with Crippen LogP contribution in [0.25, 0.3) is 5.69 Å². The van der Waals surface area contributed by atoms with E-state index in [0.29, 0.717) is 0 Å². The van der Waals surface area contributed by atoms with Crippen molar-refractivity contribution in [2.24, 2.45) is 0 Å². The highest BCUT2D eigenvalue weighted by atomic mass is 32.1. The van der Waals surface area contributed by atoms with Crippen molar-refractivity contribution < 1.29 is 0 Å². The number of imidazole rings is 1. The number of aryl methyl sites for hydroxylation is 3. The molecule has 5 rings (SSSR count). The summed E-state index contributed by atoms with van der Waals surface area (Å²) < 4.78 is 2.08. The molecule has 4 nitrogen and oxygen atoms in total. The molecule has 0 saturated heterocycles. The predicted molar refractivity (Wildman–Crippen MR) is 110 cm³/mol. The smallest absolute Gasteiger partial charge is 0.144 e. The molecule has 0 aliphatic carbocycles. The van der Waals surface area contributed by atoms with Gasteiger partial charge in [-0.05, 0) is 49.1 Å². The van der Waals surface area contributed by atoms with Crippen LogP contribution >= 0.6 is 11.3 Å². The second-order valence-electron chi connectivity index (χ2n) is 6.93. The molecule has 0 spiro atoms. The topological polar surface area (TPSA) is 42.7 Å². The Morgan fingerprint density at radius 2 is 2.00 bits per heavy atom. The number of rotatable bonds is 3. The molecule has 3 heterocycles. The maximum absolute atomic E-state index is 4.88. The van der Waals surface area contributed by atoms with Gasteiger partial charge >= 0.3 is 0 Å². The third kappa shape index (κ3) is 3.26. The van der Waals surface area contributed by atoms with Gasteiger partial charge in [-0.2, -0.15) is 0 Å². The number of fused-ring (bicyclic) bond motifs is 2. The van der Waals surface area contributed by atoms with Gasteiger partial charge in [0.15, 0.2) is 0 Å². The fraction of sp³-hybridized carbons (Fsp3) is 0.182. The number of anilines is 2. The van der Waals surface area contributed by atoms with Gasteiger partial charge in [-0.25, -0.2) is 9.97 Å². The molecule has 0 saturated carbocycles. The molecule has 0 unspecified atom stereocenters. The molecule has 0 atom stereocenters.